The Labute approximate surface area is 164 Å². The number of amides is 1. The lowest BCUT2D eigenvalue weighted by Crippen LogP contribution is -2.26. The zero-order valence-electron chi connectivity index (χ0n) is 15.0. The number of aromatic nitrogens is 4. The van der Waals surface area contributed by atoms with Gasteiger partial charge in [-0.05, 0) is 30.3 Å². The molecule has 0 aliphatic heterocycles. The van der Waals surface area contributed by atoms with Gasteiger partial charge < -0.3 is 5.73 Å². The number of nitrogens with two attached hydrogens (primary N) is 1. The van der Waals surface area contributed by atoms with Crippen molar-refractivity contribution in [3.63, 3.8) is 0 Å². The third-order valence-electron chi connectivity index (χ3n) is 4.38. The van der Waals surface area contributed by atoms with Gasteiger partial charge in [-0.2, -0.15) is 10.2 Å². The monoisotopic (exact) mass is 409 g/mol. The first-order valence-corrected chi connectivity index (χ1v) is 9.97. The Balaban J connectivity index is 1.72. The van der Waals surface area contributed by atoms with Gasteiger partial charge in [0.25, 0.3) is 11.5 Å². The summed E-state index contributed by atoms with van der Waals surface area (Å²) in [6.45, 7) is -0.0217. The number of benzene rings is 2. The molecule has 0 saturated carbocycles. The maximum atomic E-state index is 12.8. The van der Waals surface area contributed by atoms with E-state index in [0.29, 0.717) is 10.8 Å². The highest BCUT2D eigenvalue weighted by Crippen LogP contribution is 2.23. The Bertz CT molecular complexity index is 1390. The summed E-state index contributed by atoms with van der Waals surface area (Å²) in [5.74, 6) is -0.623. The first kappa shape index (κ1) is 18.6. The van der Waals surface area contributed by atoms with Crippen LogP contribution >= 0.6 is 0 Å². The molecule has 0 bridgehead atoms. The number of carbonyl (C=O) groups excluding carboxylic acids is 1. The van der Waals surface area contributed by atoms with Crippen LogP contribution in [0.25, 0.3) is 10.8 Å². The predicted octanol–water partition coefficient (Wildman–Crippen LogP) is 1.03. The number of hydrogen-bond acceptors (Lipinski definition) is 6. The molecule has 2 aromatic heterocycles. The highest BCUT2D eigenvalue weighted by atomic mass is 32.2. The van der Waals surface area contributed by atoms with Gasteiger partial charge in [-0.25, -0.2) is 13.1 Å². The molecule has 4 rings (SSSR count). The van der Waals surface area contributed by atoms with E-state index in [-0.39, 0.29) is 22.0 Å². The molecule has 0 fully saturated rings. The zero-order valence-corrected chi connectivity index (χ0v) is 15.8. The van der Waals surface area contributed by atoms with E-state index in [1.54, 1.807) is 18.2 Å². The summed E-state index contributed by atoms with van der Waals surface area (Å²) in [6, 6.07) is 12.3. The number of nitrogens with zero attached hydrogens (tertiary/aromatic N) is 4. The Morgan fingerprint density at radius 2 is 1.76 bits per heavy atom. The average Bonchev–Trinajstić information content (AvgIpc) is 3.19. The molecule has 29 heavy (non-hydrogen) atoms. The van der Waals surface area contributed by atoms with Crippen molar-refractivity contribution >= 4 is 26.5 Å². The smallest absolute Gasteiger partial charge is 0.276 e. The second kappa shape index (κ2) is 6.99. The molecule has 2 aromatic carbocycles. The maximum Gasteiger partial charge on any atom is 0.276 e. The molecule has 146 valence electrons. The van der Waals surface area contributed by atoms with E-state index in [0.717, 1.165) is 4.68 Å². The highest BCUT2D eigenvalue weighted by Gasteiger charge is 2.18. The lowest BCUT2D eigenvalue weighted by molar-refractivity contribution is 0.1000. The van der Waals surface area contributed by atoms with Crippen molar-refractivity contribution in [3.8, 4) is 0 Å². The third kappa shape index (κ3) is 3.41. The van der Waals surface area contributed by atoms with E-state index < -0.39 is 21.3 Å². The summed E-state index contributed by atoms with van der Waals surface area (Å²) in [6.07, 6.45) is 4.13. The SMILES string of the molecule is NC(=O)c1cnn(Cn2ncc3cc(S(=O)(=O)c4ccccc4)ccc3c2=O)c1. The van der Waals surface area contributed by atoms with E-state index >= 15 is 0 Å². The van der Waals surface area contributed by atoms with Gasteiger partial charge in [-0.3, -0.25) is 14.3 Å². The van der Waals surface area contributed by atoms with Gasteiger partial charge in [0.15, 0.2) is 0 Å². The Kier molecular flexibility index (Phi) is 4.47. The molecule has 4 aromatic rings. The molecule has 0 spiro atoms. The summed E-state index contributed by atoms with van der Waals surface area (Å²) < 4.78 is 28.1. The summed E-state index contributed by atoms with van der Waals surface area (Å²) >= 11 is 0. The lowest BCUT2D eigenvalue weighted by atomic mass is 10.2. The molecule has 0 aliphatic carbocycles. The summed E-state index contributed by atoms with van der Waals surface area (Å²) in [5, 5.41) is 8.77. The first-order valence-electron chi connectivity index (χ1n) is 8.48. The Morgan fingerprint density at radius 3 is 2.45 bits per heavy atom. The Morgan fingerprint density at radius 1 is 1.00 bits per heavy atom. The molecular weight excluding hydrogens is 394 g/mol. The second-order valence-electron chi connectivity index (χ2n) is 6.29. The van der Waals surface area contributed by atoms with Crippen LogP contribution in [0.5, 0.6) is 0 Å². The fourth-order valence-corrected chi connectivity index (χ4v) is 4.19. The van der Waals surface area contributed by atoms with Crippen molar-refractivity contribution in [1.29, 1.82) is 0 Å². The molecule has 0 radical (unpaired) electrons. The summed E-state index contributed by atoms with van der Waals surface area (Å²) in [4.78, 5) is 24.1. The normalized spacial score (nSPS) is 11.6. The van der Waals surface area contributed by atoms with Gasteiger partial charge in [0.1, 0.15) is 6.67 Å². The van der Waals surface area contributed by atoms with Crippen molar-refractivity contribution in [2.24, 2.45) is 5.73 Å². The van der Waals surface area contributed by atoms with Gasteiger partial charge in [0, 0.05) is 11.6 Å². The highest BCUT2D eigenvalue weighted by molar-refractivity contribution is 7.91. The number of rotatable bonds is 5. The van der Waals surface area contributed by atoms with Gasteiger partial charge in [0.05, 0.1) is 33.1 Å². The van der Waals surface area contributed by atoms with Crippen molar-refractivity contribution in [1.82, 2.24) is 19.6 Å². The molecule has 9 nitrogen and oxygen atoms in total. The average molecular weight is 409 g/mol. The fourth-order valence-electron chi connectivity index (χ4n) is 2.87. The van der Waals surface area contributed by atoms with Crippen LogP contribution in [-0.4, -0.2) is 33.9 Å². The number of hydrogen-bond donors (Lipinski definition) is 1. The number of carbonyl (C=O) groups is 1. The zero-order chi connectivity index (χ0) is 20.6. The van der Waals surface area contributed by atoms with E-state index in [9.17, 15) is 18.0 Å². The number of fused-ring (bicyclic) bond motifs is 1. The molecule has 0 atom stereocenters. The number of primary amides is 1. The largest absolute Gasteiger partial charge is 0.366 e. The minimum Gasteiger partial charge on any atom is -0.366 e. The van der Waals surface area contributed by atoms with Crippen LogP contribution in [0.3, 0.4) is 0 Å². The van der Waals surface area contributed by atoms with Crippen LogP contribution in [0.2, 0.25) is 0 Å². The lowest BCUT2D eigenvalue weighted by Gasteiger charge is -2.08. The van der Waals surface area contributed by atoms with Crippen molar-refractivity contribution in [3.05, 3.63) is 83.0 Å². The number of sulfone groups is 1. The van der Waals surface area contributed by atoms with E-state index in [4.69, 9.17) is 5.73 Å². The van der Waals surface area contributed by atoms with E-state index in [1.807, 2.05) is 0 Å². The van der Waals surface area contributed by atoms with Crippen LogP contribution < -0.4 is 11.3 Å². The van der Waals surface area contributed by atoms with Crippen molar-refractivity contribution in [2.75, 3.05) is 0 Å². The molecular formula is C19H15N5O4S. The van der Waals surface area contributed by atoms with Gasteiger partial charge in [-0.15, -0.1) is 0 Å². The van der Waals surface area contributed by atoms with Crippen LogP contribution in [0.4, 0.5) is 0 Å². The molecule has 2 heterocycles. The maximum absolute atomic E-state index is 12.8. The van der Waals surface area contributed by atoms with Crippen LogP contribution in [-0.2, 0) is 16.5 Å². The van der Waals surface area contributed by atoms with E-state index in [2.05, 4.69) is 10.2 Å². The quantitative estimate of drug-likeness (QED) is 0.524. The molecule has 10 heteroatoms. The van der Waals surface area contributed by atoms with E-state index in [1.165, 1.54) is 53.6 Å². The van der Waals surface area contributed by atoms with Gasteiger partial charge in [0.2, 0.25) is 9.84 Å². The first-order chi connectivity index (χ1) is 13.9. The van der Waals surface area contributed by atoms with Gasteiger partial charge >= 0.3 is 0 Å². The van der Waals surface area contributed by atoms with Gasteiger partial charge in [-0.1, -0.05) is 18.2 Å². The van der Waals surface area contributed by atoms with Crippen LogP contribution in [0, 0.1) is 0 Å². The Hall–Kier alpha value is -3.79. The molecule has 0 saturated heterocycles. The van der Waals surface area contributed by atoms with Crippen LogP contribution in [0.1, 0.15) is 10.4 Å². The minimum atomic E-state index is -3.70. The fraction of sp³-hybridized carbons (Fsp3) is 0.0526. The molecule has 0 aliphatic rings. The second-order valence-corrected chi connectivity index (χ2v) is 8.24. The third-order valence-corrected chi connectivity index (χ3v) is 6.15. The van der Waals surface area contributed by atoms with Crippen LogP contribution in [0.15, 0.2) is 81.7 Å². The van der Waals surface area contributed by atoms with Crippen molar-refractivity contribution in [2.45, 2.75) is 16.5 Å². The predicted molar refractivity (Wildman–Crippen MR) is 104 cm³/mol. The summed E-state index contributed by atoms with van der Waals surface area (Å²) in [5.41, 5.74) is 4.99. The summed E-state index contributed by atoms with van der Waals surface area (Å²) in [7, 11) is -3.70. The molecule has 2 N–H and O–H groups in total. The minimum absolute atomic E-state index is 0.0217. The molecule has 0 unspecified atom stereocenters. The molecule has 1 amide bonds. The topological polar surface area (TPSA) is 130 Å². The van der Waals surface area contributed by atoms with Crippen molar-refractivity contribution < 1.29 is 13.2 Å². The standard InChI is InChI=1S/C19H15N5O4S/c20-18(25)14-10-21-23(11-14)12-24-19(26)17-7-6-16(8-13(17)9-22-24)29(27,28)15-4-2-1-3-5-15/h1-11H,12H2,(H2,20,25).